The maximum atomic E-state index is 11.6. The smallest absolute Gasteiger partial charge is 0.339 e. The predicted octanol–water partition coefficient (Wildman–Crippen LogP) is 4.37. The number of aromatic nitrogens is 2. The lowest BCUT2D eigenvalue weighted by Gasteiger charge is -2.23. The SMILES string of the molecule is COc1cc2c(c(C)c1CCNc1cc(-c3ccc(C(=O)O)c(OC(C)C)c3)ncn1)OCCO2. The molecule has 9 heteroatoms. The Morgan fingerprint density at radius 3 is 2.69 bits per heavy atom. The molecule has 1 aliphatic rings. The fourth-order valence-electron chi connectivity index (χ4n) is 3.99. The third kappa shape index (κ3) is 5.40. The van der Waals surface area contributed by atoms with Crippen molar-refractivity contribution >= 4 is 11.8 Å². The number of ether oxygens (including phenoxy) is 4. The number of anilines is 1. The molecule has 0 amide bonds. The zero-order valence-corrected chi connectivity index (χ0v) is 20.3. The summed E-state index contributed by atoms with van der Waals surface area (Å²) in [5.41, 5.74) is 3.54. The van der Waals surface area contributed by atoms with E-state index in [-0.39, 0.29) is 11.7 Å². The third-order valence-corrected chi connectivity index (χ3v) is 5.60. The van der Waals surface area contributed by atoms with E-state index in [4.69, 9.17) is 18.9 Å². The zero-order valence-electron chi connectivity index (χ0n) is 20.3. The van der Waals surface area contributed by atoms with E-state index in [0.29, 0.717) is 49.2 Å². The molecule has 35 heavy (non-hydrogen) atoms. The van der Waals surface area contributed by atoms with Crippen LogP contribution < -0.4 is 24.3 Å². The summed E-state index contributed by atoms with van der Waals surface area (Å²) in [6, 6.07) is 8.63. The van der Waals surface area contributed by atoms with E-state index in [1.54, 1.807) is 19.2 Å². The monoisotopic (exact) mass is 479 g/mol. The number of carboxylic acid groups (broad SMARTS) is 1. The molecule has 1 aliphatic heterocycles. The molecule has 0 saturated carbocycles. The molecule has 3 aromatic rings. The van der Waals surface area contributed by atoms with Gasteiger partial charge in [0.2, 0.25) is 0 Å². The van der Waals surface area contributed by atoms with Crippen LogP contribution >= 0.6 is 0 Å². The van der Waals surface area contributed by atoms with Crippen LogP contribution in [0.15, 0.2) is 36.7 Å². The minimum absolute atomic E-state index is 0.110. The van der Waals surface area contributed by atoms with Gasteiger partial charge in [-0.15, -0.1) is 0 Å². The number of carboxylic acids is 1. The predicted molar refractivity (Wildman–Crippen MR) is 131 cm³/mol. The second kappa shape index (κ2) is 10.5. The van der Waals surface area contributed by atoms with Crippen molar-refractivity contribution < 1.29 is 28.8 Å². The maximum Gasteiger partial charge on any atom is 0.339 e. The Balaban J connectivity index is 1.51. The van der Waals surface area contributed by atoms with Crippen LogP contribution in [0.4, 0.5) is 5.82 Å². The largest absolute Gasteiger partial charge is 0.496 e. The number of benzene rings is 2. The summed E-state index contributed by atoms with van der Waals surface area (Å²) >= 11 is 0. The summed E-state index contributed by atoms with van der Waals surface area (Å²) < 4.78 is 22.8. The number of rotatable bonds is 9. The van der Waals surface area contributed by atoms with Gasteiger partial charge in [-0.3, -0.25) is 0 Å². The molecule has 0 bridgehead atoms. The molecule has 4 rings (SSSR count). The average molecular weight is 480 g/mol. The van der Waals surface area contributed by atoms with E-state index in [2.05, 4.69) is 15.3 Å². The lowest BCUT2D eigenvalue weighted by atomic mass is 10.0. The molecule has 2 heterocycles. The van der Waals surface area contributed by atoms with Gasteiger partial charge in [0.25, 0.3) is 0 Å². The van der Waals surface area contributed by atoms with E-state index >= 15 is 0 Å². The summed E-state index contributed by atoms with van der Waals surface area (Å²) in [7, 11) is 1.64. The van der Waals surface area contributed by atoms with Gasteiger partial charge in [-0.25, -0.2) is 14.8 Å². The van der Waals surface area contributed by atoms with Gasteiger partial charge in [0.05, 0.1) is 18.9 Å². The van der Waals surface area contributed by atoms with Crippen molar-refractivity contribution in [2.45, 2.75) is 33.3 Å². The lowest BCUT2D eigenvalue weighted by molar-refractivity contribution is 0.0690. The number of nitrogens with zero attached hydrogens (tertiary/aromatic N) is 2. The van der Waals surface area contributed by atoms with Crippen LogP contribution in [0.2, 0.25) is 0 Å². The second-order valence-electron chi connectivity index (χ2n) is 8.35. The van der Waals surface area contributed by atoms with Crippen LogP contribution in [0.3, 0.4) is 0 Å². The van der Waals surface area contributed by atoms with Crippen LogP contribution in [0.5, 0.6) is 23.0 Å². The molecule has 0 aliphatic carbocycles. The molecule has 0 atom stereocenters. The van der Waals surface area contributed by atoms with Crippen molar-refractivity contribution in [3.8, 4) is 34.3 Å². The number of fused-ring (bicyclic) bond motifs is 1. The second-order valence-corrected chi connectivity index (χ2v) is 8.35. The number of hydrogen-bond acceptors (Lipinski definition) is 8. The highest BCUT2D eigenvalue weighted by Crippen LogP contribution is 2.41. The highest BCUT2D eigenvalue weighted by molar-refractivity contribution is 5.92. The molecule has 184 valence electrons. The lowest BCUT2D eigenvalue weighted by Crippen LogP contribution is -2.17. The first kappa shape index (κ1) is 24.1. The van der Waals surface area contributed by atoms with Crippen molar-refractivity contribution in [3.05, 3.63) is 53.3 Å². The average Bonchev–Trinajstić information content (AvgIpc) is 2.85. The molecule has 1 aromatic heterocycles. The van der Waals surface area contributed by atoms with Gasteiger partial charge in [0.1, 0.15) is 42.4 Å². The van der Waals surface area contributed by atoms with Crippen LogP contribution in [-0.2, 0) is 6.42 Å². The van der Waals surface area contributed by atoms with Crippen LogP contribution in [0.25, 0.3) is 11.3 Å². The number of carbonyl (C=O) groups is 1. The fourth-order valence-corrected chi connectivity index (χ4v) is 3.99. The summed E-state index contributed by atoms with van der Waals surface area (Å²) in [4.78, 5) is 20.2. The van der Waals surface area contributed by atoms with Gasteiger partial charge in [-0.05, 0) is 39.3 Å². The van der Waals surface area contributed by atoms with Crippen molar-refractivity contribution in [2.24, 2.45) is 0 Å². The Morgan fingerprint density at radius 1 is 1.14 bits per heavy atom. The van der Waals surface area contributed by atoms with Crippen LogP contribution in [0.1, 0.15) is 35.3 Å². The Hall–Kier alpha value is -4.01. The molecular formula is C26H29N3O6. The van der Waals surface area contributed by atoms with Gasteiger partial charge >= 0.3 is 5.97 Å². The van der Waals surface area contributed by atoms with Gasteiger partial charge < -0.3 is 29.4 Å². The number of hydrogen-bond donors (Lipinski definition) is 2. The van der Waals surface area contributed by atoms with E-state index < -0.39 is 5.97 Å². The fraction of sp³-hybridized carbons (Fsp3) is 0.346. The molecule has 0 saturated heterocycles. The normalized spacial score (nSPS) is 12.4. The number of methoxy groups -OCH3 is 1. The number of aromatic carboxylic acids is 1. The maximum absolute atomic E-state index is 11.6. The first-order valence-electron chi connectivity index (χ1n) is 11.4. The van der Waals surface area contributed by atoms with E-state index in [0.717, 1.165) is 28.2 Å². The topological polar surface area (TPSA) is 112 Å². The van der Waals surface area contributed by atoms with Crippen LogP contribution in [-0.4, -0.2) is 54.0 Å². The molecule has 0 radical (unpaired) electrons. The third-order valence-electron chi connectivity index (χ3n) is 5.60. The van der Waals surface area contributed by atoms with E-state index in [9.17, 15) is 9.90 Å². The molecule has 2 N–H and O–H groups in total. The highest BCUT2D eigenvalue weighted by Gasteiger charge is 2.21. The molecule has 9 nitrogen and oxygen atoms in total. The molecule has 0 fully saturated rings. The molecule has 0 unspecified atom stereocenters. The summed E-state index contributed by atoms with van der Waals surface area (Å²) in [6.07, 6.45) is 2.00. The van der Waals surface area contributed by atoms with Gasteiger partial charge in [-0.2, -0.15) is 0 Å². The van der Waals surface area contributed by atoms with E-state index in [1.807, 2.05) is 32.9 Å². The van der Waals surface area contributed by atoms with Crippen molar-refractivity contribution in [1.82, 2.24) is 9.97 Å². The van der Waals surface area contributed by atoms with E-state index in [1.165, 1.54) is 12.4 Å². The molecule has 0 spiro atoms. The van der Waals surface area contributed by atoms with Crippen LogP contribution in [0, 0.1) is 6.92 Å². The highest BCUT2D eigenvalue weighted by atomic mass is 16.6. The molecule has 2 aromatic carbocycles. The zero-order chi connectivity index (χ0) is 24.9. The Bertz CT molecular complexity index is 1230. The van der Waals surface area contributed by atoms with Crippen molar-refractivity contribution in [1.29, 1.82) is 0 Å². The standard InChI is InChI=1S/C26H29N3O6/c1-15(2)35-22-11-17(5-6-19(22)26(30)31)20-12-24(29-14-28-20)27-8-7-18-16(3)25-23(13-21(18)32-4)33-9-10-34-25/h5-6,11-15H,7-10H2,1-4H3,(H,30,31)(H,27,28,29). The summed E-state index contributed by atoms with van der Waals surface area (Å²) in [5.74, 6) is 2.14. The van der Waals surface area contributed by atoms with Gasteiger partial charge in [-0.1, -0.05) is 6.07 Å². The Kier molecular flexibility index (Phi) is 7.24. The van der Waals surface area contributed by atoms with Gasteiger partial charge in [0.15, 0.2) is 11.5 Å². The Morgan fingerprint density at radius 2 is 1.94 bits per heavy atom. The van der Waals surface area contributed by atoms with Gasteiger partial charge in [0, 0.05) is 35.4 Å². The number of nitrogens with one attached hydrogen (secondary N) is 1. The van der Waals surface area contributed by atoms with Crippen molar-refractivity contribution in [2.75, 3.05) is 32.2 Å². The summed E-state index contributed by atoms with van der Waals surface area (Å²) in [5, 5.41) is 12.8. The molecular weight excluding hydrogens is 450 g/mol. The van der Waals surface area contributed by atoms with Crippen molar-refractivity contribution in [3.63, 3.8) is 0 Å². The Labute approximate surface area is 204 Å². The summed E-state index contributed by atoms with van der Waals surface area (Å²) in [6.45, 7) is 7.36. The minimum atomic E-state index is -1.04. The first-order chi connectivity index (χ1) is 16.9. The minimum Gasteiger partial charge on any atom is -0.496 e. The quantitative estimate of drug-likeness (QED) is 0.462. The first-order valence-corrected chi connectivity index (χ1v) is 11.4.